The Kier molecular flexibility index (Phi) is 6.11. The van der Waals surface area contributed by atoms with Crippen LogP contribution >= 0.6 is 11.6 Å². The molecular formula is C22H24ClN3O4. The van der Waals surface area contributed by atoms with Gasteiger partial charge in [0.05, 0.1) is 33.4 Å². The number of likely N-dealkylation sites (tertiary alicyclic amines) is 1. The molecule has 1 aliphatic rings. The second-order valence-electron chi connectivity index (χ2n) is 7.17. The molecule has 1 atom stereocenters. The number of benzene rings is 2. The van der Waals surface area contributed by atoms with Crippen LogP contribution in [0, 0.1) is 0 Å². The Morgan fingerprint density at radius 3 is 2.67 bits per heavy atom. The summed E-state index contributed by atoms with van der Waals surface area (Å²) < 4.78 is 21.8. The fourth-order valence-electron chi connectivity index (χ4n) is 3.91. The molecule has 1 aromatic heterocycles. The zero-order chi connectivity index (χ0) is 21.1. The maximum absolute atomic E-state index is 6.14. The van der Waals surface area contributed by atoms with Gasteiger partial charge in [-0.05, 0) is 48.7 Å². The van der Waals surface area contributed by atoms with Crippen LogP contribution in [0.1, 0.15) is 23.8 Å². The Bertz CT molecular complexity index is 1020. The van der Waals surface area contributed by atoms with Crippen LogP contribution < -0.4 is 14.2 Å². The average Bonchev–Trinajstić information content (AvgIpc) is 3.42. The highest BCUT2D eigenvalue weighted by atomic mass is 35.5. The third kappa shape index (κ3) is 4.08. The molecule has 1 fully saturated rings. The molecule has 0 aliphatic carbocycles. The summed E-state index contributed by atoms with van der Waals surface area (Å²) in [4.78, 5) is 6.89. The third-order valence-electron chi connectivity index (χ3n) is 5.36. The van der Waals surface area contributed by atoms with E-state index in [1.807, 2.05) is 24.3 Å². The van der Waals surface area contributed by atoms with E-state index in [4.69, 9.17) is 30.3 Å². The molecule has 3 aromatic rings. The summed E-state index contributed by atoms with van der Waals surface area (Å²) in [6.45, 7) is 2.49. The molecule has 0 unspecified atom stereocenters. The molecule has 0 N–H and O–H groups in total. The highest BCUT2D eigenvalue weighted by Gasteiger charge is 2.26. The Morgan fingerprint density at radius 2 is 1.93 bits per heavy atom. The molecule has 2 heterocycles. The van der Waals surface area contributed by atoms with Crippen molar-refractivity contribution in [2.75, 3.05) is 34.4 Å². The summed E-state index contributed by atoms with van der Waals surface area (Å²) in [7, 11) is 4.72. The van der Waals surface area contributed by atoms with Gasteiger partial charge < -0.3 is 18.7 Å². The van der Waals surface area contributed by atoms with Crippen molar-refractivity contribution in [2.45, 2.75) is 18.9 Å². The van der Waals surface area contributed by atoms with Crippen molar-refractivity contribution < 1.29 is 18.7 Å². The Morgan fingerprint density at radius 1 is 1.10 bits per heavy atom. The number of hydrogen-bond acceptors (Lipinski definition) is 7. The van der Waals surface area contributed by atoms with Crippen molar-refractivity contribution >= 4 is 11.6 Å². The van der Waals surface area contributed by atoms with E-state index in [1.165, 1.54) is 5.56 Å². The van der Waals surface area contributed by atoms with Gasteiger partial charge in [-0.2, -0.15) is 4.98 Å². The molecule has 0 bridgehead atoms. The summed E-state index contributed by atoms with van der Waals surface area (Å²) >= 11 is 6.14. The van der Waals surface area contributed by atoms with Gasteiger partial charge in [0.1, 0.15) is 0 Å². The van der Waals surface area contributed by atoms with E-state index in [0.717, 1.165) is 24.5 Å². The minimum atomic E-state index is 0.452. The SMILES string of the molecule is COc1ccc(-c2noc(CN3CC[C@@H](c4cccc(Cl)c4)C3)n2)c(OC)c1OC. The smallest absolute Gasteiger partial charge is 0.241 e. The Hall–Kier alpha value is -2.77. The zero-order valence-corrected chi connectivity index (χ0v) is 18.0. The van der Waals surface area contributed by atoms with Gasteiger partial charge in [0.2, 0.25) is 17.5 Å². The van der Waals surface area contributed by atoms with Crippen LogP contribution in [0.4, 0.5) is 0 Å². The van der Waals surface area contributed by atoms with Gasteiger partial charge in [0, 0.05) is 11.6 Å². The predicted molar refractivity (Wildman–Crippen MR) is 113 cm³/mol. The van der Waals surface area contributed by atoms with Gasteiger partial charge in [-0.1, -0.05) is 28.9 Å². The quantitative estimate of drug-likeness (QED) is 0.551. The average molecular weight is 430 g/mol. The first-order chi connectivity index (χ1) is 14.6. The minimum Gasteiger partial charge on any atom is -0.493 e. The van der Waals surface area contributed by atoms with Crippen molar-refractivity contribution in [1.29, 1.82) is 0 Å². The predicted octanol–water partition coefficient (Wildman–Crippen LogP) is 4.41. The standard InChI is InChI=1S/C22H24ClN3O4/c1-27-18-8-7-17(20(28-2)21(18)29-3)22-24-19(30-25-22)13-26-10-9-15(12-26)14-5-4-6-16(23)11-14/h4-8,11,15H,9-10,12-13H2,1-3H3/t15-/m1/s1. The van der Waals surface area contributed by atoms with Crippen LogP contribution in [0.5, 0.6) is 17.2 Å². The second-order valence-corrected chi connectivity index (χ2v) is 7.61. The van der Waals surface area contributed by atoms with E-state index >= 15 is 0 Å². The molecule has 2 aromatic carbocycles. The van der Waals surface area contributed by atoms with Crippen LogP contribution in [0.25, 0.3) is 11.4 Å². The van der Waals surface area contributed by atoms with Gasteiger partial charge in [-0.25, -0.2) is 0 Å². The maximum atomic E-state index is 6.14. The zero-order valence-electron chi connectivity index (χ0n) is 17.2. The van der Waals surface area contributed by atoms with Crippen LogP contribution in [-0.4, -0.2) is 49.5 Å². The number of halogens is 1. The lowest BCUT2D eigenvalue weighted by Gasteiger charge is -2.14. The first-order valence-corrected chi connectivity index (χ1v) is 10.1. The lowest BCUT2D eigenvalue weighted by atomic mass is 9.99. The van der Waals surface area contributed by atoms with E-state index in [-0.39, 0.29) is 0 Å². The summed E-state index contributed by atoms with van der Waals surface area (Å²) in [6.07, 6.45) is 1.07. The van der Waals surface area contributed by atoms with Gasteiger partial charge in [-0.15, -0.1) is 0 Å². The molecule has 7 nitrogen and oxygen atoms in total. The highest BCUT2D eigenvalue weighted by Crippen LogP contribution is 2.43. The van der Waals surface area contributed by atoms with Crippen LogP contribution in [-0.2, 0) is 6.54 Å². The van der Waals surface area contributed by atoms with Gasteiger partial charge in [0.25, 0.3) is 0 Å². The first kappa shape index (κ1) is 20.5. The normalized spacial score (nSPS) is 16.6. The number of methoxy groups -OCH3 is 3. The molecule has 1 aliphatic heterocycles. The van der Waals surface area contributed by atoms with Crippen molar-refractivity contribution in [3.63, 3.8) is 0 Å². The number of nitrogens with zero attached hydrogens (tertiary/aromatic N) is 3. The van der Waals surface area contributed by atoms with E-state index in [0.29, 0.717) is 47.0 Å². The molecular weight excluding hydrogens is 406 g/mol. The molecule has 8 heteroatoms. The Balaban J connectivity index is 1.49. The van der Waals surface area contributed by atoms with Crippen molar-refractivity contribution in [3.8, 4) is 28.6 Å². The van der Waals surface area contributed by atoms with E-state index < -0.39 is 0 Å². The molecule has 0 radical (unpaired) electrons. The fraction of sp³-hybridized carbons (Fsp3) is 0.364. The monoisotopic (exact) mass is 429 g/mol. The second kappa shape index (κ2) is 8.93. The summed E-state index contributed by atoms with van der Waals surface area (Å²) in [5.41, 5.74) is 1.95. The summed E-state index contributed by atoms with van der Waals surface area (Å²) in [5, 5.41) is 4.92. The number of ether oxygens (including phenoxy) is 3. The van der Waals surface area contributed by atoms with Crippen LogP contribution in [0.15, 0.2) is 40.9 Å². The van der Waals surface area contributed by atoms with Crippen LogP contribution in [0.2, 0.25) is 5.02 Å². The largest absolute Gasteiger partial charge is 0.493 e. The topological polar surface area (TPSA) is 69.9 Å². The van der Waals surface area contributed by atoms with E-state index in [9.17, 15) is 0 Å². The molecule has 0 saturated carbocycles. The number of aromatic nitrogens is 2. The molecule has 4 rings (SSSR count). The lowest BCUT2D eigenvalue weighted by molar-refractivity contribution is 0.265. The molecule has 0 spiro atoms. The van der Waals surface area contributed by atoms with Crippen molar-refractivity contribution in [2.24, 2.45) is 0 Å². The molecule has 158 valence electrons. The molecule has 0 amide bonds. The first-order valence-electron chi connectivity index (χ1n) is 9.72. The number of rotatable bonds is 7. The highest BCUT2D eigenvalue weighted by molar-refractivity contribution is 6.30. The fourth-order valence-corrected chi connectivity index (χ4v) is 4.10. The van der Waals surface area contributed by atoms with E-state index in [1.54, 1.807) is 27.4 Å². The molecule has 1 saturated heterocycles. The third-order valence-corrected chi connectivity index (χ3v) is 5.60. The van der Waals surface area contributed by atoms with Gasteiger partial charge in [0.15, 0.2) is 11.5 Å². The van der Waals surface area contributed by atoms with Crippen LogP contribution in [0.3, 0.4) is 0 Å². The summed E-state index contributed by atoms with van der Waals surface area (Å²) in [5.74, 6) is 3.05. The summed E-state index contributed by atoms with van der Waals surface area (Å²) in [6, 6.07) is 11.7. The maximum Gasteiger partial charge on any atom is 0.241 e. The number of hydrogen-bond donors (Lipinski definition) is 0. The lowest BCUT2D eigenvalue weighted by Crippen LogP contribution is -2.20. The Labute approximate surface area is 180 Å². The van der Waals surface area contributed by atoms with Crippen molar-refractivity contribution in [3.05, 3.63) is 52.9 Å². The van der Waals surface area contributed by atoms with Crippen molar-refractivity contribution in [1.82, 2.24) is 15.0 Å². The molecule has 30 heavy (non-hydrogen) atoms. The van der Waals surface area contributed by atoms with E-state index in [2.05, 4.69) is 21.1 Å². The van der Waals surface area contributed by atoms with Gasteiger partial charge >= 0.3 is 0 Å². The van der Waals surface area contributed by atoms with Gasteiger partial charge in [-0.3, -0.25) is 4.90 Å². The minimum absolute atomic E-state index is 0.452.